The number of pyridine rings is 1. The SMILES string of the molecule is CCNc1cccc(-c2ccc(F)cc2F)n1. The van der Waals surface area contributed by atoms with Crippen LogP contribution in [0.1, 0.15) is 6.92 Å². The quantitative estimate of drug-likeness (QED) is 0.879. The average molecular weight is 234 g/mol. The van der Waals surface area contributed by atoms with E-state index in [1.807, 2.05) is 6.92 Å². The van der Waals surface area contributed by atoms with Gasteiger partial charge in [-0.05, 0) is 31.2 Å². The fourth-order valence-corrected chi connectivity index (χ4v) is 1.56. The van der Waals surface area contributed by atoms with E-state index in [0.29, 0.717) is 17.1 Å². The molecular weight excluding hydrogens is 222 g/mol. The summed E-state index contributed by atoms with van der Waals surface area (Å²) in [5, 5.41) is 3.04. The highest BCUT2D eigenvalue weighted by molar-refractivity contribution is 5.61. The summed E-state index contributed by atoms with van der Waals surface area (Å²) in [6, 6.07) is 8.74. The monoisotopic (exact) mass is 234 g/mol. The normalized spacial score (nSPS) is 10.3. The molecule has 1 aromatic carbocycles. The lowest BCUT2D eigenvalue weighted by atomic mass is 10.1. The summed E-state index contributed by atoms with van der Waals surface area (Å²) >= 11 is 0. The molecule has 2 rings (SSSR count). The largest absolute Gasteiger partial charge is 0.370 e. The topological polar surface area (TPSA) is 24.9 Å². The maximum atomic E-state index is 13.6. The highest BCUT2D eigenvalue weighted by Gasteiger charge is 2.07. The smallest absolute Gasteiger partial charge is 0.135 e. The van der Waals surface area contributed by atoms with Gasteiger partial charge >= 0.3 is 0 Å². The Morgan fingerprint density at radius 1 is 1.18 bits per heavy atom. The molecule has 0 spiro atoms. The van der Waals surface area contributed by atoms with Crippen molar-refractivity contribution in [1.82, 2.24) is 4.98 Å². The van der Waals surface area contributed by atoms with Gasteiger partial charge in [0.05, 0.1) is 5.69 Å². The predicted octanol–water partition coefficient (Wildman–Crippen LogP) is 3.46. The second kappa shape index (κ2) is 4.91. The molecule has 0 atom stereocenters. The van der Waals surface area contributed by atoms with Crippen LogP contribution >= 0.6 is 0 Å². The van der Waals surface area contributed by atoms with Gasteiger partial charge in [0.2, 0.25) is 0 Å². The molecule has 0 aliphatic heterocycles. The highest BCUT2D eigenvalue weighted by Crippen LogP contribution is 2.22. The molecule has 0 fully saturated rings. The van der Waals surface area contributed by atoms with Crippen molar-refractivity contribution in [2.75, 3.05) is 11.9 Å². The Labute approximate surface area is 98.3 Å². The third kappa shape index (κ3) is 2.58. The van der Waals surface area contributed by atoms with Crippen LogP contribution < -0.4 is 5.32 Å². The van der Waals surface area contributed by atoms with E-state index in [4.69, 9.17) is 0 Å². The second-order valence-corrected chi connectivity index (χ2v) is 3.56. The number of hydrogen-bond donors (Lipinski definition) is 1. The molecule has 0 bridgehead atoms. The van der Waals surface area contributed by atoms with Crippen LogP contribution in [0.15, 0.2) is 36.4 Å². The van der Waals surface area contributed by atoms with E-state index in [2.05, 4.69) is 10.3 Å². The zero-order valence-corrected chi connectivity index (χ0v) is 9.37. The van der Waals surface area contributed by atoms with Crippen LogP contribution in [0, 0.1) is 11.6 Å². The average Bonchev–Trinajstić information content (AvgIpc) is 2.29. The van der Waals surface area contributed by atoms with Crippen molar-refractivity contribution in [1.29, 1.82) is 0 Å². The molecular formula is C13H12F2N2. The van der Waals surface area contributed by atoms with E-state index in [9.17, 15) is 8.78 Å². The van der Waals surface area contributed by atoms with Crippen LogP contribution in [-0.4, -0.2) is 11.5 Å². The minimum atomic E-state index is -0.605. The van der Waals surface area contributed by atoms with Gasteiger partial charge in [0, 0.05) is 18.2 Å². The van der Waals surface area contributed by atoms with Crippen LogP contribution in [-0.2, 0) is 0 Å². The first-order valence-corrected chi connectivity index (χ1v) is 5.37. The first kappa shape index (κ1) is 11.5. The van der Waals surface area contributed by atoms with Gasteiger partial charge < -0.3 is 5.32 Å². The summed E-state index contributed by atoms with van der Waals surface area (Å²) in [6.07, 6.45) is 0. The van der Waals surface area contributed by atoms with Gasteiger partial charge in [-0.15, -0.1) is 0 Å². The molecule has 2 nitrogen and oxygen atoms in total. The Morgan fingerprint density at radius 2 is 2.00 bits per heavy atom. The number of anilines is 1. The van der Waals surface area contributed by atoms with E-state index in [-0.39, 0.29) is 0 Å². The van der Waals surface area contributed by atoms with Gasteiger partial charge in [-0.25, -0.2) is 13.8 Å². The van der Waals surface area contributed by atoms with Crippen molar-refractivity contribution in [3.63, 3.8) is 0 Å². The molecule has 0 aliphatic rings. The van der Waals surface area contributed by atoms with Gasteiger partial charge in [0.15, 0.2) is 0 Å². The van der Waals surface area contributed by atoms with E-state index in [1.54, 1.807) is 18.2 Å². The number of hydrogen-bond acceptors (Lipinski definition) is 2. The third-order valence-corrected chi connectivity index (χ3v) is 2.31. The summed E-state index contributed by atoms with van der Waals surface area (Å²) in [5.74, 6) is -0.519. The van der Waals surface area contributed by atoms with Crippen molar-refractivity contribution in [3.05, 3.63) is 48.0 Å². The van der Waals surface area contributed by atoms with E-state index in [0.717, 1.165) is 12.6 Å². The van der Waals surface area contributed by atoms with Crippen LogP contribution in [0.2, 0.25) is 0 Å². The van der Waals surface area contributed by atoms with Gasteiger partial charge in [0.25, 0.3) is 0 Å². The molecule has 0 amide bonds. The zero-order chi connectivity index (χ0) is 12.3. The minimum Gasteiger partial charge on any atom is -0.370 e. The minimum absolute atomic E-state index is 0.297. The molecule has 4 heteroatoms. The molecule has 0 saturated carbocycles. The van der Waals surface area contributed by atoms with Crippen molar-refractivity contribution < 1.29 is 8.78 Å². The second-order valence-electron chi connectivity index (χ2n) is 3.56. The van der Waals surface area contributed by atoms with E-state index in [1.165, 1.54) is 12.1 Å². The molecule has 1 aromatic heterocycles. The number of benzene rings is 1. The lowest BCUT2D eigenvalue weighted by Gasteiger charge is -2.06. The van der Waals surface area contributed by atoms with Gasteiger partial charge in [-0.3, -0.25) is 0 Å². The molecule has 0 radical (unpaired) electrons. The first-order chi connectivity index (χ1) is 8.20. The lowest BCUT2D eigenvalue weighted by molar-refractivity contribution is 0.585. The Morgan fingerprint density at radius 3 is 2.71 bits per heavy atom. The molecule has 88 valence electrons. The fourth-order valence-electron chi connectivity index (χ4n) is 1.56. The maximum Gasteiger partial charge on any atom is 0.135 e. The Balaban J connectivity index is 2.42. The number of rotatable bonds is 3. The zero-order valence-electron chi connectivity index (χ0n) is 9.37. The first-order valence-electron chi connectivity index (χ1n) is 5.37. The standard InChI is InChI=1S/C13H12F2N2/c1-2-16-13-5-3-4-12(17-13)10-7-6-9(14)8-11(10)15/h3-8H,2H2,1H3,(H,16,17). The lowest BCUT2D eigenvalue weighted by Crippen LogP contribution is -2.00. The molecule has 1 N–H and O–H groups in total. The summed E-state index contributed by atoms with van der Waals surface area (Å²) < 4.78 is 26.3. The summed E-state index contributed by atoms with van der Waals surface area (Å²) in [5.41, 5.74) is 0.784. The van der Waals surface area contributed by atoms with Crippen molar-refractivity contribution >= 4 is 5.82 Å². The predicted molar refractivity (Wildman–Crippen MR) is 63.8 cm³/mol. The maximum absolute atomic E-state index is 13.6. The molecule has 2 aromatic rings. The van der Waals surface area contributed by atoms with E-state index >= 15 is 0 Å². The Hall–Kier alpha value is -1.97. The van der Waals surface area contributed by atoms with Gasteiger partial charge in [-0.2, -0.15) is 0 Å². The van der Waals surface area contributed by atoms with Crippen LogP contribution in [0.25, 0.3) is 11.3 Å². The van der Waals surface area contributed by atoms with E-state index < -0.39 is 11.6 Å². The van der Waals surface area contributed by atoms with Gasteiger partial charge in [0.1, 0.15) is 17.5 Å². The molecule has 17 heavy (non-hydrogen) atoms. The molecule has 0 aliphatic carbocycles. The Kier molecular flexibility index (Phi) is 3.32. The van der Waals surface area contributed by atoms with Crippen LogP contribution in [0.3, 0.4) is 0 Å². The Bertz CT molecular complexity index is 527. The fraction of sp³-hybridized carbons (Fsp3) is 0.154. The van der Waals surface area contributed by atoms with Gasteiger partial charge in [-0.1, -0.05) is 6.07 Å². The molecule has 0 saturated heterocycles. The summed E-state index contributed by atoms with van der Waals surface area (Å²) in [6.45, 7) is 2.69. The van der Waals surface area contributed by atoms with Crippen molar-refractivity contribution in [2.24, 2.45) is 0 Å². The number of aromatic nitrogens is 1. The van der Waals surface area contributed by atoms with Crippen LogP contribution in [0.5, 0.6) is 0 Å². The van der Waals surface area contributed by atoms with Crippen molar-refractivity contribution in [3.8, 4) is 11.3 Å². The highest BCUT2D eigenvalue weighted by atomic mass is 19.1. The summed E-state index contributed by atoms with van der Waals surface area (Å²) in [4.78, 5) is 4.25. The number of nitrogens with zero attached hydrogens (tertiary/aromatic N) is 1. The molecule has 0 unspecified atom stereocenters. The number of halogens is 2. The third-order valence-electron chi connectivity index (χ3n) is 2.31. The molecule has 1 heterocycles. The van der Waals surface area contributed by atoms with Crippen molar-refractivity contribution in [2.45, 2.75) is 6.92 Å². The van der Waals surface area contributed by atoms with Crippen LogP contribution in [0.4, 0.5) is 14.6 Å². The summed E-state index contributed by atoms with van der Waals surface area (Å²) in [7, 11) is 0. The number of nitrogens with one attached hydrogen (secondary N) is 1.